The molecule has 1 aromatic heterocycles. The molecule has 1 N–H and O–H groups in total. The van der Waals surface area contributed by atoms with Crippen molar-refractivity contribution in [3.8, 4) is 6.07 Å². The molecule has 0 atom stereocenters. The number of hydrogen-bond acceptors (Lipinski definition) is 3. The number of amides is 1. The van der Waals surface area contributed by atoms with Crippen LogP contribution in [0.2, 0.25) is 0 Å². The Morgan fingerprint density at radius 1 is 1.37 bits per heavy atom. The van der Waals surface area contributed by atoms with Crippen LogP contribution in [0.3, 0.4) is 0 Å². The highest BCUT2D eigenvalue weighted by atomic mass is 16.3. The third-order valence-corrected chi connectivity index (χ3v) is 2.71. The van der Waals surface area contributed by atoms with E-state index in [2.05, 4.69) is 5.32 Å². The molecule has 0 aliphatic rings. The first kappa shape index (κ1) is 12.9. The number of nitrogens with zero attached hydrogens (tertiary/aromatic N) is 1. The van der Waals surface area contributed by atoms with Crippen LogP contribution in [-0.4, -0.2) is 12.5 Å². The Hall–Kier alpha value is -2.54. The van der Waals surface area contributed by atoms with Crippen molar-refractivity contribution in [3.63, 3.8) is 0 Å². The predicted molar refractivity (Wildman–Crippen MR) is 70.6 cm³/mol. The van der Waals surface area contributed by atoms with E-state index in [0.717, 1.165) is 11.5 Å². The van der Waals surface area contributed by atoms with E-state index in [9.17, 15) is 4.79 Å². The maximum atomic E-state index is 11.9. The summed E-state index contributed by atoms with van der Waals surface area (Å²) < 4.78 is 5.41. The summed E-state index contributed by atoms with van der Waals surface area (Å²) in [6, 6.07) is 12.4. The number of rotatable bonds is 4. The zero-order valence-corrected chi connectivity index (χ0v) is 10.6. The number of hydrogen-bond donors (Lipinski definition) is 1. The van der Waals surface area contributed by atoms with Crippen LogP contribution < -0.4 is 5.32 Å². The van der Waals surface area contributed by atoms with Crippen LogP contribution in [0.1, 0.15) is 27.4 Å². The zero-order chi connectivity index (χ0) is 13.7. The molecule has 1 amide bonds. The number of nitrogens with one attached hydrogen (secondary N) is 1. The van der Waals surface area contributed by atoms with Gasteiger partial charge in [-0.25, -0.2) is 0 Å². The Morgan fingerprint density at radius 2 is 2.21 bits per heavy atom. The molecule has 19 heavy (non-hydrogen) atoms. The van der Waals surface area contributed by atoms with Gasteiger partial charge in [0.15, 0.2) is 0 Å². The van der Waals surface area contributed by atoms with Gasteiger partial charge in [0.05, 0.1) is 11.6 Å². The van der Waals surface area contributed by atoms with Crippen molar-refractivity contribution >= 4 is 5.91 Å². The molecule has 0 saturated heterocycles. The number of aryl methyl sites for hydroxylation is 1. The van der Waals surface area contributed by atoms with E-state index in [0.29, 0.717) is 24.1 Å². The molecule has 0 saturated carbocycles. The number of nitriles is 1. The van der Waals surface area contributed by atoms with Gasteiger partial charge in [0.1, 0.15) is 11.5 Å². The maximum Gasteiger partial charge on any atom is 0.251 e. The lowest BCUT2D eigenvalue weighted by Gasteiger charge is -2.04. The van der Waals surface area contributed by atoms with Gasteiger partial charge in [-0.05, 0) is 37.3 Å². The van der Waals surface area contributed by atoms with Crippen LogP contribution in [0.15, 0.2) is 40.8 Å². The first-order chi connectivity index (χ1) is 9.19. The van der Waals surface area contributed by atoms with E-state index in [1.54, 1.807) is 24.3 Å². The molecule has 96 valence electrons. The van der Waals surface area contributed by atoms with Gasteiger partial charge in [-0.2, -0.15) is 5.26 Å². The smallest absolute Gasteiger partial charge is 0.251 e. The van der Waals surface area contributed by atoms with Crippen molar-refractivity contribution in [3.05, 3.63) is 59.0 Å². The molecule has 0 radical (unpaired) electrons. The van der Waals surface area contributed by atoms with Crippen LogP contribution in [-0.2, 0) is 6.42 Å². The summed E-state index contributed by atoms with van der Waals surface area (Å²) in [6.07, 6.45) is 0.650. The summed E-state index contributed by atoms with van der Waals surface area (Å²) in [6.45, 7) is 2.39. The third kappa shape index (κ3) is 3.46. The summed E-state index contributed by atoms with van der Waals surface area (Å²) in [5, 5.41) is 11.6. The van der Waals surface area contributed by atoms with Crippen LogP contribution in [0.5, 0.6) is 0 Å². The Balaban J connectivity index is 1.89. The van der Waals surface area contributed by atoms with E-state index in [-0.39, 0.29) is 5.91 Å². The quantitative estimate of drug-likeness (QED) is 0.911. The second kappa shape index (κ2) is 5.87. The second-order valence-electron chi connectivity index (χ2n) is 4.21. The predicted octanol–water partition coefficient (Wildman–Crippen LogP) is 2.43. The normalized spacial score (nSPS) is 9.89. The van der Waals surface area contributed by atoms with E-state index in [4.69, 9.17) is 9.68 Å². The number of benzene rings is 1. The maximum absolute atomic E-state index is 11.9. The van der Waals surface area contributed by atoms with Crippen molar-refractivity contribution in [1.82, 2.24) is 5.32 Å². The zero-order valence-electron chi connectivity index (χ0n) is 10.6. The van der Waals surface area contributed by atoms with Crippen molar-refractivity contribution in [2.45, 2.75) is 13.3 Å². The van der Waals surface area contributed by atoms with E-state index in [1.165, 1.54) is 0 Å². The Bertz CT molecular complexity index is 623. The van der Waals surface area contributed by atoms with Crippen LogP contribution in [0.25, 0.3) is 0 Å². The van der Waals surface area contributed by atoms with Crippen molar-refractivity contribution in [2.24, 2.45) is 0 Å². The summed E-state index contributed by atoms with van der Waals surface area (Å²) >= 11 is 0. The minimum atomic E-state index is -0.180. The summed E-state index contributed by atoms with van der Waals surface area (Å²) in [4.78, 5) is 11.9. The average molecular weight is 254 g/mol. The SMILES string of the molecule is Cc1ccc(CCNC(=O)c2cccc(C#N)c2)o1. The molecule has 4 nitrogen and oxygen atoms in total. The molecule has 0 bridgehead atoms. The highest BCUT2D eigenvalue weighted by Crippen LogP contribution is 2.07. The molecule has 1 heterocycles. The number of carbonyl (C=O) groups is 1. The third-order valence-electron chi connectivity index (χ3n) is 2.71. The Labute approximate surface area is 111 Å². The molecular formula is C15H14N2O2. The minimum Gasteiger partial charge on any atom is -0.466 e. The van der Waals surface area contributed by atoms with E-state index >= 15 is 0 Å². The van der Waals surface area contributed by atoms with Gasteiger partial charge in [-0.3, -0.25) is 4.79 Å². The lowest BCUT2D eigenvalue weighted by molar-refractivity contribution is 0.0953. The molecule has 0 unspecified atom stereocenters. The topological polar surface area (TPSA) is 66.0 Å². The second-order valence-corrected chi connectivity index (χ2v) is 4.21. The van der Waals surface area contributed by atoms with Gasteiger partial charge in [0, 0.05) is 18.5 Å². The highest BCUT2D eigenvalue weighted by molar-refractivity contribution is 5.94. The molecule has 1 aromatic carbocycles. The standard InChI is InChI=1S/C15H14N2O2/c1-11-5-6-14(19-11)7-8-17-15(18)13-4-2-3-12(9-13)10-16/h2-6,9H,7-8H2,1H3,(H,17,18). The number of carbonyl (C=O) groups excluding carboxylic acids is 1. The van der Waals surface area contributed by atoms with Gasteiger partial charge in [-0.15, -0.1) is 0 Å². The van der Waals surface area contributed by atoms with Crippen LogP contribution in [0.4, 0.5) is 0 Å². The van der Waals surface area contributed by atoms with Crippen LogP contribution >= 0.6 is 0 Å². The summed E-state index contributed by atoms with van der Waals surface area (Å²) in [7, 11) is 0. The molecule has 4 heteroatoms. The largest absolute Gasteiger partial charge is 0.466 e. The lowest BCUT2D eigenvalue weighted by Crippen LogP contribution is -2.25. The van der Waals surface area contributed by atoms with Gasteiger partial charge >= 0.3 is 0 Å². The first-order valence-electron chi connectivity index (χ1n) is 6.03. The Kier molecular flexibility index (Phi) is 3.99. The van der Waals surface area contributed by atoms with Gasteiger partial charge in [0.2, 0.25) is 0 Å². The fraction of sp³-hybridized carbons (Fsp3) is 0.200. The summed E-state index contributed by atoms with van der Waals surface area (Å²) in [5.41, 5.74) is 0.976. The molecule has 0 aliphatic carbocycles. The molecule has 0 fully saturated rings. The monoisotopic (exact) mass is 254 g/mol. The summed E-state index contributed by atoms with van der Waals surface area (Å²) in [5.74, 6) is 1.53. The fourth-order valence-electron chi connectivity index (χ4n) is 1.75. The molecule has 2 rings (SSSR count). The van der Waals surface area contributed by atoms with Crippen molar-refractivity contribution < 1.29 is 9.21 Å². The average Bonchev–Trinajstić information content (AvgIpc) is 2.84. The molecular weight excluding hydrogens is 240 g/mol. The minimum absolute atomic E-state index is 0.180. The van der Waals surface area contributed by atoms with Crippen molar-refractivity contribution in [2.75, 3.05) is 6.54 Å². The van der Waals surface area contributed by atoms with Crippen molar-refractivity contribution in [1.29, 1.82) is 5.26 Å². The number of furan rings is 1. The molecule has 2 aromatic rings. The molecule has 0 spiro atoms. The molecule has 0 aliphatic heterocycles. The fourth-order valence-corrected chi connectivity index (χ4v) is 1.75. The first-order valence-corrected chi connectivity index (χ1v) is 6.03. The van der Waals surface area contributed by atoms with E-state index < -0.39 is 0 Å². The van der Waals surface area contributed by atoms with E-state index in [1.807, 2.05) is 25.1 Å². The van der Waals surface area contributed by atoms with Gasteiger partial charge in [0.25, 0.3) is 5.91 Å². The van der Waals surface area contributed by atoms with Crippen LogP contribution in [0, 0.1) is 18.3 Å². The highest BCUT2D eigenvalue weighted by Gasteiger charge is 2.06. The Morgan fingerprint density at radius 3 is 2.89 bits per heavy atom. The van der Waals surface area contributed by atoms with Gasteiger partial charge in [-0.1, -0.05) is 6.07 Å². The van der Waals surface area contributed by atoms with Gasteiger partial charge < -0.3 is 9.73 Å². The lowest BCUT2D eigenvalue weighted by atomic mass is 10.1.